The van der Waals surface area contributed by atoms with Gasteiger partial charge in [-0.2, -0.15) is 0 Å². The number of rotatable bonds is 2. The summed E-state index contributed by atoms with van der Waals surface area (Å²) >= 11 is 2.20. The molecule has 3 rings (SSSR count). The summed E-state index contributed by atoms with van der Waals surface area (Å²) in [5.74, 6) is -0.779. The summed E-state index contributed by atoms with van der Waals surface area (Å²) in [6, 6.07) is 14.7. The maximum Gasteiger partial charge on any atom is 0.339 e. The van der Waals surface area contributed by atoms with E-state index in [1.165, 1.54) is 0 Å². The summed E-state index contributed by atoms with van der Waals surface area (Å²) in [7, 11) is 0. The zero-order valence-electron chi connectivity index (χ0n) is 11.9. The first kappa shape index (κ1) is 15.0. The fourth-order valence-corrected chi connectivity index (χ4v) is 2.82. The topological polar surface area (TPSA) is 55.4 Å². The molecule has 0 saturated carbocycles. The van der Waals surface area contributed by atoms with Crippen molar-refractivity contribution in [3.8, 4) is 0 Å². The van der Waals surface area contributed by atoms with Gasteiger partial charge in [0, 0.05) is 15.7 Å². The van der Waals surface area contributed by atoms with Crippen molar-refractivity contribution in [3.05, 3.63) is 63.2 Å². The highest BCUT2D eigenvalue weighted by Gasteiger charge is 2.42. The maximum absolute atomic E-state index is 12.5. The average Bonchev–Trinajstić information content (AvgIpc) is 2.49. The van der Waals surface area contributed by atoms with E-state index in [2.05, 4.69) is 27.9 Å². The Hall–Kier alpha value is -1.89. The van der Waals surface area contributed by atoms with Crippen LogP contribution in [0.25, 0.3) is 0 Å². The van der Waals surface area contributed by atoms with E-state index >= 15 is 0 Å². The van der Waals surface area contributed by atoms with Gasteiger partial charge in [-0.05, 0) is 65.4 Å². The van der Waals surface area contributed by atoms with Gasteiger partial charge in [-0.3, -0.25) is 4.79 Å². The number of esters is 1. The van der Waals surface area contributed by atoms with Gasteiger partial charge in [-0.25, -0.2) is 4.79 Å². The first-order valence-electron chi connectivity index (χ1n) is 6.86. The molecule has 4 nitrogen and oxygen atoms in total. The van der Waals surface area contributed by atoms with Gasteiger partial charge in [0.2, 0.25) is 0 Å². The fourth-order valence-electron chi connectivity index (χ4n) is 2.46. The molecule has 0 spiro atoms. The number of carbonyl (C=O) groups excluding carboxylic acids is 2. The molecule has 112 valence electrons. The van der Waals surface area contributed by atoms with E-state index in [-0.39, 0.29) is 5.91 Å². The lowest BCUT2D eigenvalue weighted by Gasteiger charge is -2.33. The molecule has 1 N–H and O–H groups in total. The number of anilines is 1. The van der Waals surface area contributed by atoms with Gasteiger partial charge in [0.15, 0.2) is 5.60 Å². The monoisotopic (exact) mass is 407 g/mol. The van der Waals surface area contributed by atoms with E-state index in [0.29, 0.717) is 17.7 Å². The highest BCUT2D eigenvalue weighted by molar-refractivity contribution is 14.1. The molecule has 0 fully saturated rings. The Bertz CT molecular complexity index is 742. The number of fused-ring (bicyclic) bond motifs is 1. The van der Waals surface area contributed by atoms with E-state index in [0.717, 1.165) is 9.13 Å². The lowest BCUT2D eigenvalue weighted by atomic mass is 9.89. The largest absolute Gasteiger partial charge is 0.445 e. The molecule has 2 aromatic rings. The summed E-state index contributed by atoms with van der Waals surface area (Å²) in [6.45, 7) is 1.64. The van der Waals surface area contributed by atoms with Crippen molar-refractivity contribution in [2.45, 2.75) is 18.9 Å². The molecular formula is C17H14INO3. The SMILES string of the molecule is C[C@]1(C(=O)Nc2ccc(I)cc2)Cc2ccccc2C(=O)O1. The number of benzene rings is 2. The van der Waals surface area contributed by atoms with Crippen molar-refractivity contribution in [2.24, 2.45) is 0 Å². The molecule has 22 heavy (non-hydrogen) atoms. The normalized spacial score (nSPS) is 20.0. The van der Waals surface area contributed by atoms with Crippen molar-refractivity contribution < 1.29 is 14.3 Å². The lowest BCUT2D eigenvalue weighted by Crippen LogP contribution is -2.48. The van der Waals surface area contributed by atoms with Gasteiger partial charge in [0.1, 0.15) is 0 Å². The van der Waals surface area contributed by atoms with Gasteiger partial charge in [0.25, 0.3) is 5.91 Å². The first-order valence-corrected chi connectivity index (χ1v) is 7.94. The lowest BCUT2D eigenvalue weighted by molar-refractivity contribution is -0.134. The molecule has 1 heterocycles. The van der Waals surface area contributed by atoms with Crippen molar-refractivity contribution in [2.75, 3.05) is 5.32 Å². The third-order valence-electron chi connectivity index (χ3n) is 3.67. The van der Waals surface area contributed by atoms with Gasteiger partial charge in [0.05, 0.1) is 5.56 Å². The number of halogens is 1. The summed E-state index contributed by atoms with van der Waals surface area (Å²) in [5, 5.41) is 2.81. The number of hydrogen-bond donors (Lipinski definition) is 1. The minimum absolute atomic E-state index is 0.323. The third-order valence-corrected chi connectivity index (χ3v) is 4.38. The van der Waals surface area contributed by atoms with Crippen molar-refractivity contribution in [1.82, 2.24) is 0 Å². The number of hydrogen-bond acceptors (Lipinski definition) is 3. The molecule has 1 atom stereocenters. The Morgan fingerprint density at radius 1 is 1.18 bits per heavy atom. The third kappa shape index (κ3) is 2.85. The molecule has 0 radical (unpaired) electrons. The van der Waals surface area contributed by atoms with E-state index in [9.17, 15) is 9.59 Å². The maximum atomic E-state index is 12.5. The number of ether oxygens (including phenoxy) is 1. The van der Waals surface area contributed by atoms with E-state index in [1.54, 1.807) is 19.1 Å². The molecule has 0 aromatic heterocycles. The minimum atomic E-state index is -1.20. The van der Waals surface area contributed by atoms with Crippen LogP contribution >= 0.6 is 22.6 Å². The van der Waals surface area contributed by atoms with Crippen LogP contribution in [-0.4, -0.2) is 17.5 Å². The Morgan fingerprint density at radius 3 is 2.59 bits per heavy atom. The molecule has 0 saturated heterocycles. The van der Waals surface area contributed by atoms with Gasteiger partial charge >= 0.3 is 5.97 Å². The zero-order valence-corrected chi connectivity index (χ0v) is 14.1. The van der Waals surface area contributed by atoms with Crippen LogP contribution in [0.5, 0.6) is 0 Å². The predicted molar refractivity (Wildman–Crippen MR) is 91.8 cm³/mol. The van der Waals surface area contributed by atoms with Crippen LogP contribution < -0.4 is 5.32 Å². The highest BCUT2D eigenvalue weighted by atomic mass is 127. The highest BCUT2D eigenvalue weighted by Crippen LogP contribution is 2.29. The van der Waals surface area contributed by atoms with Crippen LogP contribution in [0, 0.1) is 3.57 Å². The number of amides is 1. The minimum Gasteiger partial charge on any atom is -0.445 e. The average molecular weight is 407 g/mol. The molecule has 0 bridgehead atoms. The Labute approximate surface area is 142 Å². The second-order valence-electron chi connectivity index (χ2n) is 5.42. The van der Waals surface area contributed by atoms with Crippen LogP contribution in [0.4, 0.5) is 5.69 Å². The number of carbonyl (C=O) groups is 2. The second kappa shape index (κ2) is 5.72. The quantitative estimate of drug-likeness (QED) is 0.614. The van der Waals surface area contributed by atoms with Crippen molar-refractivity contribution in [1.29, 1.82) is 0 Å². The zero-order chi connectivity index (χ0) is 15.7. The number of cyclic esters (lactones) is 1. The molecule has 1 amide bonds. The summed E-state index contributed by atoms with van der Waals surface area (Å²) in [5.41, 5.74) is 0.844. The summed E-state index contributed by atoms with van der Waals surface area (Å²) in [4.78, 5) is 24.6. The standard InChI is InChI=1S/C17H14INO3/c1-17(16(21)19-13-8-6-12(18)7-9-13)10-11-4-2-3-5-14(11)15(20)22-17/h2-9H,10H2,1H3,(H,19,21)/t17-/m1/s1. The first-order chi connectivity index (χ1) is 10.5. The Balaban J connectivity index is 1.83. The van der Waals surface area contributed by atoms with E-state index < -0.39 is 11.6 Å². The predicted octanol–water partition coefficient (Wildman–Crippen LogP) is 3.40. The summed E-state index contributed by atoms with van der Waals surface area (Å²) in [6.07, 6.45) is 0.366. The smallest absolute Gasteiger partial charge is 0.339 e. The van der Waals surface area contributed by atoms with Crippen LogP contribution in [-0.2, 0) is 16.0 Å². The molecule has 2 aromatic carbocycles. The van der Waals surface area contributed by atoms with Crippen molar-refractivity contribution in [3.63, 3.8) is 0 Å². The molecule has 5 heteroatoms. The molecule has 0 aliphatic carbocycles. The number of nitrogens with one attached hydrogen (secondary N) is 1. The van der Waals surface area contributed by atoms with Crippen LogP contribution in [0.15, 0.2) is 48.5 Å². The molecular weight excluding hydrogens is 393 g/mol. The Morgan fingerprint density at radius 2 is 1.86 bits per heavy atom. The summed E-state index contributed by atoms with van der Waals surface area (Å²) < 4.78 is 6.49. The van der Waals surface area contributed by atoms with Crippen LogP contribution in [0.3, 0.4) is 0 Å². The Kier molecular flexibility index (Phi) is 3.90. The van der Waals surface area contributed by atoms with E-state index in [1.807, 2.05) is 36.4 Å². The molecule has 1 aliphatic heterocycles. The van der Waals surface area contributed by atoms with E-state index in [4.69, 9.17) is 4.74 Å². The fraction of sp³-hybridized carbons (Fsp3) is 0.176. The molecule has 0 unspecified atom stereocenters. The van der Waals surface area contributed by atoms with Crippen molar-refractivity contribution >= 4 is 40.2 Å². The van der Waals surface area contributed by atoms with Crippen LogP contribution in [0.2, 0.25) is 0 Å². The second-order valence-corrected chi connectivity index (χ2v) is 6.66. The van der Waals surface area contributed by atoms with Crippen LogP contribution in [0.1, 0.15) is 22.8 Å². The van der Waals surface area contributed by atoms with Gasteiger partial charge in [-0.15, -0.1) is 0 Å². The van der Waals surface area contributed by atoms with Gasteiger partial charge < -0.3 is 10.1 Å². The molecule has 1 aliphatic rings. The van der Waals surface area contributed by atoms with Gasteiger partial charge in [-0.1, -0.05) is 18.2 Å².